The second-order valence-corrected chi connectivity index (χ2v) is 5.85. The van der Waals surface area contributed by atoms with Crippen LogP contribution in [-0.4, -0.2) is 42.8 Å². The molecular formula is C17H21N5O5. The van der Waals surface area contributed by atoms with Crippen molar-refractivity contribution >= 4 is 17.6 Å². The Hall–Kier alpha value is -3.14. The number of carbonyl (C=O) groups excluding carboxylic acids is 2. The Morgan fingerprint density at radius 2 is 2.22 bits per heavy atom. The molecule has 0 spiro atoms. The van der Waals surface area contributed by atoms with Crippen molar-refractivity contribution in [2.45, 2.75) is 25.5 Å². The van der Waals surface area contributed by atoms with Crippen LogP contribution < -0.4 is 20.7 Å². The maximum Gasteiger partial charge on any atom is 0.319 e. The van der Waals surface area contributed by atoms with Crippen LogP contribution in [0.2, 0.25) is 0 Å². The number of rotatable bonds is 6. The summed E-state index contributed by atoms with van der Waals surface area (Å²) in [6, 6.07) is 4.30. The number of aromatic nitrogens is 2. The lowest BCUT2D eigenvalue weighted by molar-refractivity contribution is 0.0835. The van der Waals surface area contributed by atoms with Gasteiger partial charge in [-0.15, -0.1) is 0 Å². The Bertz CT molecular complexity index is 816. The smallest absolute Gasteiger partial charge is 0.319 e. The number of carbonyl (C=O) groups is 2. The van der Waals surface area contributed by atoms with Crippen LogP contribution >= 0.6 is 0 Å². The van der Waals surface area contributed by atoms with Gasteiger partial charge in [-0.05, 0) is 31.0 Å². The van der Waals surface area contributed by atoms with Crippen molar-refractivity contribution in [3.05, 3.63) is 35.5 Å². The largest absolute Gasteiger partial charge is 0.496 e. The minimum atomic E-state index is -0.466. The fourth-order valence-corrected chi connectivity index (χ4v) is 2.67. The van der Waals surface area contributed by atoms with E-state index in [1.165, 1.54) is 20.2 Å². The Morgan fingerprint density at radius 3 is 2.93 bits per heavy atom. The third-order valence-corrected chi connectivity index (χ3v) is 4.03. The summed E-state index contributed by atoms with van der Waals surface area (Å²) in [5.41, 5.74) is 0.761. The summed E-state index contributed by atoms with van der Waals surface area (Å²) in [4.78, 5) is 28.2. The Morgan fingerprint density at radius 1 is 1.37 bits per heavy atom. The first kappa shape index (κ1) is 18.6. The van der Waals surface area contributed by atoms with E-state index in [2.05, 4.69) is 26.1 Å². The van der Waals surface area contributed by atoms with Gasteiger partial charge in [-0.3, -0.25) is 4.79 Å². The Labute approximate surface area is 155 Å². The van der Waals surface area contributed by atoms with Crippen molar-refractivity contribution < 1.29 is 23.6 Å². The molecule has 0 aliphatic carbocycles. The van der Waals surface area contributed by atoms with Crippen molar-refractivity contribution in [3.8, 4) is 5.75 Å². The van der Waals surface area contributed by atoms with Crippen molar-refractivity contribution in [3.63, 3.8) is 0 Å². The summed E-state index contributed by atoms with van der Waals surface area (Å²) in [5.74, 6) is 0.879. The highest BCUT2D eigenvalue weighted by Gasteiger charge is 2.23. The SMILES string of the molecule is CNC(=O)c1cc(NC(=O)NCc2noc(C3CCCO3)n2)ccc1OC. The molecule has 1 aromatic heterocycles. The van der Waals surface area contributed by atoms with Crippen molar-refractivity contribution in [2.24, 2.45) is 0 Å². The molecule has 2 aromatic rings. The molecule has 1 atom stereocenters. The number of urea groups is 1. The van der Waals surface area contributed by atoms with Gasteiger partial charge in [0.05, 0.1) is 19.2 Å². The second-order valence-electron chi connectivity index (χ2n) is 5.85. The van der Waals surface area contributed by atoms with Crippen LogP contribution in [0.1, 0.15) is 41.0 Å². The molecule has 1 unspecified atom stereocenters. The van der Waals surface area contributed by atoms with Gasteiger partial charge >= 0.3 is 6.03 Å². The zero-order valence-electron chi connectivity index (χ0n) is 15.1. The summed E-state index contributed by atoms with van der Waals surface area (Å²) in [6.07, 6.45) is 1.64. The van der Waals surface area contributed by atoms with E-state index in [0.29, 0.717) is 35.3 Å². The third kappa shape index (κ3) is 4.53. The molecule has 0 saturated carbocycles. The van der Waals surface area contributed by atoms with Gasteiger partial charge in [0, 0.05) is 19.3 Å². The molecule has 144 valence electrons. The zero-order chi connectivity index (χ0) is 19.2. The standard InChI is InChI=1S/C17H21N5O5/c1-18-15(23)11-8-10(5-6-12(11)25-2)20-17(24)19-9-14-21-16(27-22-14)13-4-3-7-26-13/h5-6,8,13H,3-4,7,9H2,1-2H3,(H,18,23)(H2,19,20,24). The van der Waals surface area contributed by atoms with E-state index in [9.17, 15) is 9.59 Å². The Kier molecular flexibility index (Phi) is 5.87. The highest BCUT2D eigenvalue weighted by Crippen LogP contribution is 2.27. The topological polar surface area (TPSA) is 128 Å². The summed E-state index contributed by atoms with van der Waals surface area (Å²) in [6.45, 7) is 0.781. The highest BCUT2D eigenvalue weighted by atomic mass is 16.5. The quantitative estimate of drug-likeness (QED) is 0.700. The van der Waals surface area contributed by atoms with E-state index in [4.69, 9.17) is 14.0 Å². The van der Waals surface area contributed by atoms with E-state index in [1.54, 1.807) is 12.1 Å². The second kappa shape index (κ2) is 8.49. The lowest BCUT2D eigenvalue weighted by atomic mass is 10.1. The van der Waals surface area contributed by atoms with E-state index in [-0.39, 0.29) is 18.6 Å². The molecule has 3 amide bonds. The minimum Gasteiger partial charge on any atom is -0.496 e. The van der Waals surface area contributed by atoms with Gasteiger partial charge in [-0.1, -0.05) is 5.16 Å². The number of hydrogen-bond acceptors (Lipinski definition) is 7. The normalized spacial score (nSPS) is 16.0. The monoisotopic (exact) mass is 375 g/mol. The van der Waals surface area contributed by atoms with Gasteiger partial charge < -0.3 is 29.9 Å². The van der Waals surface area contributed by atoms with Crippen molar-refractivity contribution in [2.75, 3.05) is 26.1 Å². The maximum atomic E-state index is 12.1. The maximum absolute atomic E-state index is 12.1. The lowest BCUT2D eigenvalue weighted by Gasteiger charge is -2.11. The average Bonchev–Trinajstić information content (AvgIpc) is 3.37. The van der Waals surface area contributed by atoms with E-state index in [0.717, 1.165) is 12.8 Å². The summed E-state index contributed by atoms with van der Waals surface area (Å²) in [7, 11) is 2.99. The van der Waals surface area contributed by atoms with Gasteiger partial charge in [-0.2, -0.15) is 4.98 Å². The molecule has 1 fully saturated rings. The van der Waals surface area contributed by atoms with Crippen molar-refractivity contribution in [1.29, 1.82) is 0 Å². The molecule has 3 N–H and O–H groups in total. The first-order chi connectivity index (χ1) is 13.1. The first-order valence-electron chi connectivity index (χ1n) is 8.49. The number of methoxy groups -OCH3 is 1. The van der Waals surface area contributed by atoms with Crippen molar-refractivity contribution in [1.82, 2.24) is 20.8 Å². The van der Waals surface area contributed by atoms with Gasteiger partial charge in [0.25, 0.3) is 11.8 Å². The fraction of sp³-hybridized carbons (Fsp3) is 0.412. The highest BCUT2D eigenvalue weighted by molar-refractivity contribution is 5.99. The molecule has 3 rings (SSSR count). The van der Waals surface area contributed by atoms with Crippen LogP contribution in [0.4, 0.5) is 10.5 Å². The summed E-state index contributed by atoms with van der Waals surface area (Å²) < 4.78 is 15.8. The molecular weight excluding hydrogens is 354 g/mol. The average molecular weight is 375 g/mol. The molecule has 1 aromatic carbocycles. The number of anilines is 1. The van der Waals surface area contributed by atoms with Gasteiger partial charge in [0.15, 0.2) is 5.82 Å². The van der Waals surface area contributed by atoms with Crippen LogP contribution in [0.3, 0.4) is 0 Å². The predicted molar refractivity (Wildman–Crippen MR) is 94.5 cm³/mol. The van der Waals surface area contributed by atoms with Crippen LogP contribution in [0.15, 0.2) is 22.7 Å². The lowest BCUT2D eigenvalue weighted by Crippen LogP contribution is -2.29. The molecule has 27 heavy (non-hydrogen) atoms. The van der Waals surface area contributed by atoms with E-state index >= 15 is 0 Å². The minimum absolute atomic E-state index is 0.0977. The summed E-state index contributed by atoms with van der Waals surface area (Å²) >= 11 is 0. The van der Waals surface area contributed by atoms with Gasteiger partial charge in [0.1, 0.15) is 11.9 Å². The number of benzene rings is 1. The molecule has 1 aliphatic rings. The molecule has 0 bridgehead atoms. The molecule has 1 saturated heterocycles. The third-order valence-electron chi connectivity index (χ3n) is 4.03. The number of nitrogens with zero attached hydrogens (tertiary/aromatic N) is 2. The molecule has 1 aliphatic heterocycles. The van der Waals surface area contributed by atoms with E-state index in [1.807, 2.05) is 0 Å². The Balaban J connectivity index is 1.57. The zero-order valence-corrected chi connectivity index (χ0v) is 15.1. The van der Waals surface area contributed by atoms with Gasteiger partial charge in [-0.25, -0.2) is 4.79 Å². The number of hydrogen-bond donors (Lipinski definition) is 3. The number of ether oxygens (including phenoxy) is 2. The van der Waals surface area contributed by atoms with Crippen LogP contribution in [0.25, 0.3) is 0 Å². The predicted octanol–water partition coefficient (Wildman–Crippen LogP) is 1.61. The van der Waals surface area contributed by atoms with Crippen LogP contribution in [-0.2, 0) is 11.3 Å². The molecule has 10 heteroatoms. The number of amides is 3. The van der Waals surface area contributed by atoms with Crippen LogP contribution in [0, 0.1) is 0 Å². The molecule has 2 heterocycles. The summed E-state index contributed by atoms with van der Waals surface area (Å²) in [5, 5.41) is 11.6. The van der Waals surface area contributed by atoms with Gasteiger partial charge in [0.2, 0.25) is 0 Å². The molecule has 0 radical (unpaired) electrons. The fourth-order valence-electron chi connectivity index (χ4n) is 2.67. The first-order valence-corrected chi connectivity index (χ1v) is 8.49. The molecule has 10 nitrogen and oxygen atoms in total. The number of nitrogens with one attached hydrogen (secondary N) is 3. The van der Waals surface area contributed by atoms with E-state index < -0.39 is 6.03 Å². The van der Waals surface area contributed by atoms with Crippen LogP contribution in [0.5, 0.6) is 5.75 Å².